The van der Waals surface area contributed by atoms with E-state index in [0.717, 1.165) is 21.5 Å². The molecule has 0 bridgehead atoms. The van der Waals surface area contributed by atoms with Gasteiger partial charge in [-0.2, -0.15) is 0 Å². The van der Waals surface area contributed by atoms with Crippen LogP contribution >= 0.6 is 0 Å². The molecule has 28 heavy (non-hydrogen) atoms. The summed E-state index contributed by atoms with van der Waals surface area (Å²) in [7, 11) is 3.20. The van der Waals surface area contributed by atoms with Gasteiger partial charge in [-0.15, -0.1) is 0 Å². The van der Waals surface area contributed by atoms with E-state index in [0.29, 0.717) is 22.3 Å². The summed E-state index contributed by atoms with van der Waals surface area (Å²) in [5.74, 6) is 0.242. The molecule has 0 saturated carbocycles. The van der Waals surface area contributed by atoms with Gasteiger partial charge in [0.1, 0.15) is 11.5 Å². The van der Waals surface area contributed by atoms with Crippen LogP contribution in [-0.2, 0) is 22.7 Å². The van der Waals surface area contributed by atoms with E-state index in [4.69, 9.17) is 9.47 Å². The van der Waals surface area contributed by atoms with E-state index >= 15 is 0 Å². The van der Waals surface area contributed by atoms with Crippen molar-refractivity contribution in [2.75, 3.05) is 14.2 Å². The normalized spacial score (nSPS) is 11.4. The van der Waals surface area contributed by atoms with Crippen LogP contribution in [0.3, 0.4) is 0 Å². The number of hydrogen-bond acceptors (Lipinski definition) is 4. The first-order valence-electron chi connectivity index (χ1n) is 9.11. The maximum Gasteiger partial charge on any atom is 0.129 e. The third-order valence-corrected chi connectivity index (χ3v) is 5.05. The fourth-order valence-electron chi connectivity index (χ4n) is 3.83. The molecule has 0 aliphatic rings. The Bertz CT molecular complexity index is 1070. The summed E-state index contributed by atoms with van der Waals surface area (Å²) in [5.41, 5.74) is 2.57. The molecular weight excluding hydrogens is 352 g/mol. The van der Waals surface area contributed by atoms with E-state index < -0.39 is 0 Å². The van der Waals surface area contributed by atoms with Crippen molar-refractivity contribution in [3.8, 4) is 22.6 Å². The number of benzene rings is 4. The van der Waals surface area contributed by atoms with Gasteiger partial charge >= 0.3 is 0 Å². The van der Waals surface area contributed by atoms with Crippen molar-refractivity contribution in [3.63, 3.8) is 0 Å². The van der Waals surface area contributed by atoms with Crippen molar-refractivity contribution in [1.82, 2.24) is 0 Å². The molecule has 4 aromatic carbocycles. The van der Waals surface area contributed by atoms with Gasteiger partial charge in [0, 0.05) is 36.5 Å². The number of ether oxygens (including phenoxy) is 2. The summed E-state index contributed by atoms with van der Waals surface area (Å²) < 4.78 is 10.6. The zero-order valence-electron chi connectivity index (χ0n) is 15.9. The summed E-state index contributed by atoms with van der Waals surface area (Å²) in [5, 5.41) is 26.0. The number of fused-ring (bicyclic) bond motifs is 2. The number of phenolic OH excluding ortho intramolecular Hbond substituents is 2. The molecule has 4 nitrogen and oxygen atoms in total. The Morgan fingerprint density at radius 1 is 0.643 bits per heavy atom. The fourth-order valence-corrected chi connectivity index (χ4v) is 3.83. The van der Waals surface area contributed by atoms with Crippen molar-refractivity contribution in [2.24, 2.45) is 0 Å². The highest BCUT2D eigenvalue weighted by Crippen LogP contribution is 2.47. The first kappa shape index (κ1) is 18.3. The van der Waals surface area contributed by atoms with Crippen molar-refractivity contribution < 1.29 is 19.7 Å². The van der Waals surface area contributed by atoms with E-state index in [1.807, 2.05) is 60.7 Å². The lowest BCUT2D eigenvalue weighted by molar-refractivity contribution is 0.182. The second kappa shape index (κ2) is 7.50. The molecular formula is C24H22O4. The van der Waals surface area contributed by atoms with E-state index in [1.165, 1.54) is 0 Å². The zero-order chi connectivity index (χ0) is 19.7. The van der Waals surface area contributed by atoms with Crippen molar-refractivity contribution >= 4 is 21.5 Å². The SMILES string of the molecule is COCc1cc2ccccc2c(-c2c(O)c(COC)cc3ccccc23)c1O. The molecule has 4 aromatic rings. The third kappa shape index (κ3) is 2.97. The van der Waals surface area contributed by atoms with Gasteiger partial charge in [0.2, 0.25) is 0 Å². The molecule has 0 unspecified atom stereocenters. The molecule has 0 aromatic heterocycles. The summed E-state index contributed by atoms with van der Waals surface area (Å²) in [4.78, 5) is 0. The van der Waals surface area contributed by atoms with Gasteiger partial charge in [-0.1, -0.05) is 48.5 Å². The summed E-state index contributed by atoms with van der Waals surface area (Å²) >= 11 is 0. The van der Waals surface area contributed by atoms with E-state index in [9.17, 15) is 10.2 Å². The molecule has 0 aliphatic carbocycles. The minimum atomic E-state index is 0.121. The van der Waals surface area contributed by atoms with Crippen LogP contribution in [0.25, 0.3) is 32.7 Å². The van der Waals surface area contributed by atoms with Crippen LogP contribution in [-0.4, -0.2) is 24.4 Å². The minimum absolute atomic E-state index is 0.121. The third-order valence-electron chi connectivity index (χ3n) is 5.05. The highest BCUT2D eigenvalue weighted by molar-refractivity contribution is 6.10. The van der Waals surface area contributed by atoms with Crippen LogP contribution < -0.4 is 0 Å². The van der Waals surface area contributed by atoms with Crippen molar-refractivity contribution in [3.05, 3.63) is 71.8 Å². The number of aromatic hydroxyl groups is 2. The molecule has 0 saturated heterocycles. The van der Waals surface area contributed by atoms with Gasteiger partial charge in [-0.25, -0.2) is 0 Å². The molecule has 0 radical (unpaired) electrons. The highest BCUT2D eigenvalue weighted by Gasteiger charge is 2.21. The first-order valence-corrected chi connectivity index (χ1v) is 9.11. The second-order valence-electron chi connectivity index (χ2n) is 6.83. The zero-order valence-corrected chi connectivity index (χ0v) is 15.9. The predicted octanol–water partition coefficient (Wildman–Crippen LogP) is 5.36. The molecule has 4 heteroatoms. The maximum absolute atomic E-state index is 11.2. The summed E-state index contributed by atoms with van der Waals surface area (Å²) in [6.45, 7) is 0.556. The number of methoxy groups -OCH3 is 2. The first-order chi connectivity index (χ1) is 13.7. The van der Waals surface area contributed by atoms with E-state index in [-0.39, 0.29) is 24.7 Å². The Kier molecular flexibility index (Phi) is 4.90. The van der Waals surface area contributed by atoms with Crippen LogP contribution in [0, 0.1) is 0 Å². The monoisotopic (exact) mass is 374 g/mol. The average molecular weight is 374 g/mol. The number of hydrogen-bond donors (Lipinski definition) is 2. The van der Waals surface area contributed by atoms with Gasteiger partial charge in [-0.05, 0) is 33.7 Å². The lowest BCUT2D eigenvalue weighted by Gasteiger charge is -2.18. The lowest BCUT2D eigenvalue weighted by atomic mass is 9.89. The number of rotatable bonds is 5. The maximum atomic E-state index is 11.2. The van der Waals surface area contributed by atoms with E-state index in [1.54, 1.807) is 14.2 Å². The van der Waals surface area contributed by atoms with Gasteiger partial charge in [-0.3, -0.25) is 0 Å². The molecule has 2 N–H and O–H groups in total. The minimum Gasteiger partial charge on any atom is -0.507 e. The largest absolute Gasteiger partial charge is 0.507 e. The summed E-state index contributed by atoms with van der Waals surface area (Å²) in [6.07, 6.45) is 0. The fraction of sp³-hybridized carbons (Fsp3) is 0.167. The van der Waals surface area contributed by atoms with Crippen LogP contribution in [0.15, 0.2) is 60.7 Å². The molecule has 0 heterocycles. The molecule has 0 fully saturated rings. The van der Waals surface area contributed by atoms with Crippen LogP contribution in [0.5, 0.6) is 11.5 Å². The smallest absolute Gasteiger partial charge is 0.129 e. The molecule has 0 amide bonds. The van der Waals surface area contributed by atoms with Gasteiger partial charge < -0.3 is 19.7 Å². The molecule has 4 rings (SSSR count). The molecule has 0 aliphatic heterocycles. The van der Waals surface area contributed by atoms with Crippen molar-refractivity contribution in [1.29, 1.82) is 0 Å². The Labute approximate surface area is 163 Å². The van der Waals surface area contributed by atoms with Gasteiger partial charge in [0.05, 0.1) is 13.2 Å². The standard InChI is InChI=1S/C24H22O4/c1-27-13-17-11-15-7-3-5-9-19(15)21(23(17)25)22-20-10-6-4-8-16(20)12-18(14-28-2)24(22)26/h3-12,25-26H,13-14H2,1-2H3. The Morgan fingerprint density at radius 2 is 1.04 bits per heavy atom. The van der Waals surface area contributed by atoms with E-state index in [2.05, 4.69) is 0 Å². The quantitative estimate of drug-likeness (QED) is 0.493. The predicted molar refractivity (Wildman–Crippen MR) is 112 cm³/mol. The Balaban J connectivity index is 2.17. The van der Waals surface area contributed by atoms with Crippen LogP contribution in [0.1, 0.15) is 11.1 Å². The summed E-state index contributed by atoms with van der Waals surface area (Å²) in [6, 6.07) is 19.5. The van der Waals surface area contributed by atoms with Crippen LogP contribution in [0.2, 0.25) is 0 Å². The topological polar surface area (TPSA) is 58.9 Å². The second-order valence-corrected chi connectivity index (χ2v) is 6.83. The average Bonchev–Trinajstić information content (AvgIpc) is 2.71. The Hall–Kier alpha value is -3.08. The van der Waals surface area contributed by atoms with Crippen molar-refractivity contribution in [2.45, 2.75) is 13.2 Å². The number of phenols is 2. The molecule has 0 atom stereocenters. The molecule has 142 valence electrons. The van der Waals surface area contributed by atoms with Gasteiger partial charge in [0.25, 0.3) is 0 Å². The van der Waals surface area contributed by atoms with Crippen LogP contribution in [0.4, 0.5) is 0 Å². The Morgan fingerprint density at radius 3 is 1.43 bits per heavy atom. The molecule has 0 spiro atoms. The lowest BCUT2D eigenvalue weighted by Crippen LogP contribution is -1.96. The highest BCUT2D eigenvalue weighted by atomic mass is 16.5. The van der Waals surface area contributed by atoms with Gasteiger partial charge in [0.15, 0.2) is 0 Å².